The van der Waals surface area contributed by atoms with Gasteiger partial charge in [-0.1, -0.05) is 84.4 Å². The van der Waals surface area contributed by atoms with E-state index >= 15 is 0 Å². The van der Waals surface area contributed by atoms with Crippen molar-refractivity contribution >= 4 is 11.1 Å². The van der Waals surface area contributed by atoms with E-state index in [1.54, 1.807) is 0 Å². The Morgan fingerprint density at radius 2 is 1.41 bits per heavy atom. The van der Waals surface area contributed by atoms with Crippen molar-refractivity contribution in [1.29, 1.82) is 0 Å². The SMILES string of the molecule is Cc1cccc(C2=C(c3ccccc3)Cc3ccccc32)c1. The Hall–Kier alpha value is -2.60. The van der Waals surface area contributed by atoms with E-state index in [9.17, 15) is 0 Å². The van der Waals surface area contributed by atoms with Gasteiger partial charge in [0.15, 0.2) is 0 Å². The zero-order valence-corrected chi connectivity index (χ0v) is 12.7. The van der Waals surface area contributed by atoms with E-state index in [1.807, 2.05) is 0 Å². The van der Waals surface area contributed by atoms with Gasteiger partial charge in [-0.05, 0) is 46.7 Å². The Bertz CT molecular complexity index is 854. The molecule has 3 aromatic rings. The van der Waals surface area contributed by atoms with Crippen molar-refractivity contribution < 1.29 is 0 Å². The average molecular weight is 282 g/mol. The molecule has 0 unspecified atom stereocenters. The molecule has 0 bridgehead atoms. The predicted octanol–water partition coefficient (Wildman–Crippen LogP) is 5.51. The molecule has 106 valence electrons. The molecule has 0 radical (unpaired) electrons. The molecule has 0 aliphatic heterocycles. The third kappa shape index (κ3) is 2.17. The van der Waals surface area contributed by atoms with Crippen molar-refractivity contribution in [2.45, 2.75) is 13.3 Å². The van der Waals surface area contributed by atoms with Gasteiger partial charge in [0, 0.05) is 0 Å². The van der Waals surface area contributed by atoms with E-state index < -0.39 is 0 Å². The molecular weight excluding hydrogens is 264 g/mol. The lowest BCUT2D eigenvalue weighted by Crippen LogP contribution is -1.90. The summed E-state index contributed by atoms with van der Waals surface area (Å²) in [7, 11) is 0. The van der Waals surface area contributed by atoms with Crippen LogP contribution in [0.5, 0.6) is 0 Å². The van der Waals surface area contributed by atoms with E-state index in [1.165, 1.54) is 39.0 Å². The third-order valence-electron chi connectivity index (χ3n) is 4.38. The second-order valence-corrected chi connectivity index (χ2v) is 5.92. The van der Waals surface area contributed by atoms with Gasteiger partial charge in [0.2, 0.25) is 0 Å². The molecule has 4 rings (SSSR count). The van der Waals surface area contributed by atoms with Gasteiger partial charge in [0.25, 0.3) is 0 Å². The molecule has 0 nitrogen and oxygen atoms in total. The third-order valence-corrected chi connectivity index (χ3v) is 4.38. The maximum absolute atomic E-state index is 2.29. The van der Waals surface area contributed by atoms with Crippen LogP contribution in [-0.2, 0) is 6.42 Å². The number of fused-ring (bicyclic) bond motifs is 1. The first-order valence-electron chi connectivity index (χ1n) is 7.77. The standard InChI is InChI=1S/C22H18/c1-16-8-7-12-19(14-16)22-20-13-6-5-11-18(20)15-21(22)17-9-3-2-4-10-17/h2-14H,15H2,1H3. The van der Waals surface area contributed by atoms with Crippen LogP contribution < -0.4 is 0 Å². The minimum absolute atomic E-state index is 1.02. The summed E-state index contributed by atoms with van der Waals surface area (Å²) in [5, 5.41) is 0. The maximum atomic E-state index is 2.29. The van der Waals surface area contributed by atoms with E-state index in [0.29, 0.717) is 0 Å². The lowest BCUT2D eigenvalue weighted by molar-refractivity contribution is 1.32. The van der Waals surface area contributed by atoms with Crippen molar-refractivity contribution in [1.82, 2.24) is 0 Å². The molecule has 22 heavy (non-hydrogen) atoms. The molecule has 0 heterocycles. The highest BCUT2D eigenvalue weighted by molar-refractivity contribution is 6.03. The van der Waals surface area contributed by atoms with Gasteiger partial charge < -0.3 is 0 Å². The molecular formula is C22H18. The fourth-order valence-electron chi connectivity index (χ4n) is 3.38. The summed E-state index contributed by atoms with van der Waals surface area (Å²) < 4.78 is 0. The summed E-state index contributed by atoms with van der Waals surface area (Å²) in [6.07, 6.45) is 1.02. The van der Waals surface area contributed by atoms with Crippen LogP contribution in [0.1, 0.15) is 27.8 Å². The largest absolute Gasteiger partial charge is 0.0622 e. The van der Waals surface area contributed by atoms with Crippen LogP contribution >= 0.6 is 0 Å². The van der Waals surface area contributed by atoms with Gasteiger partial charge in [-0.25, -0.2) is 0 Å². The van der Waals surface area contributed by atoms with Crippen molar-refractivity contribution in [2.24, 2.45) is 0 Å². The number of allylic oxidation sites excluding steroid dienone is 1. The first-order valence-corrected chi connectivity index (χ1v) is 7.77. The first-order chi connectivity index (χ1) is 10.8. The normalized spacial score (nSPS) is 13.3. The Morgan fingerprint density at radius 1 is 0.682 bits per heavy atom. The molecule has 3 aromatic carbocycles. The number of hydrogen-bond acceptors (Lipinski definition) is 0. The second kappa shape index (κ2) is 5.31. The van der Waals surface area contributed by atoms with Gasteiger partial charge in [0.05, 0.1) is 0 Å². The number of rotatable bonds is 2. The zero-order chi connectivity index (χ0) is 14.9. The smallest absolute Gasteiger partial charge is 0.000728 e. The van der Waals surface area contributed by atoms with Crippen LogP contribution in [0.3, 0.4) is 0 Å². The van der Waals surface area contributed by atoms with Crippen molar-refractivity contribution in [3.05, 3.63) is 107 Å². The Labute approximate surface area is 131 Å². The monoisotopic (exact) mass is 282 g/mol. The molecule has 0 saturated carbocycles. The topological polar surface area (TPSA) is 0 Å². The highest BCUT2D eigenvalue weighted by Crippen LogP contribution is 2.42. The summed E-state index contributed by atoms with van der Waals surface area (Å²) in [5.74, 6) is 0. The molecule has 0 aromatic heterocycles. The first kappa shape index (κ1) is 13.1. The minimum Gasteiger partial charge on any atom is -0.0622 e. The molecule has 0 spiro atoms. The Balaban J connectivity index is 1.98. The predicted molar refractivity (Wildman–Crippen MR) is 93.7 cm³/mol. The molecule has 0 fully saturated rings. The van der Waals surface area contributed by atoms with Crippen LogP contribution in [0.25, 0.3) is 11.1 Å². The molecule has 0 N–H and O–H groups in total. The van der Waals surface area contributed by atoms with Crippen molar-refractivity contribution in [3.8, 4) is 0 Å². The minimum atomic E-state index is 1.02. The van der Waals surface area contributed by atoms with Crippen LogP contribution in [-0.4, -0.2) is 0 Å². The van der Waals surface area contributed by atoms with Crippen LogP contribution in [0.2, 0.25) is 0 Å². The highest BCUT2D eigenvalue weighted by Gasteiger charge is 2.23. The molecule has 0 atom stereocenters. The van der Waals surface area contributed by atoms with Crippen LogP contribution in [0, 0.1) is 6.92 Å². The van der Waals surface area contributed by atoms with Gasteiger partial charge in [-0.3, -0.25) is 0 Å². The summed E-state index contributed by atoms with van der Waals surface area (Å²) >= 11 is 0. The summed E-state index contributed by atoms with van der Waals surface area (Å²) in [6.45, 7) is 2.16. The lowest BCUT2D eigenvalue weighted by atomic mass is 9.94. The Morgan fingerprint density at radius 3 is 2.23 bits per heavy atom. The summed E-state index contributed by atoms with van der Waals surface area (Å²) in [6, 6.07) is 28.4. The van der Waals surface area contributed by atoms with E-state index in [-0.39, 0.29) is 0 Å². The number of benzene rings is 3. The number of aryl methyl sites for hydroxylation is 1. The lowest BCUT2D eigenvalue weighted by Gasteiger charge is -2.10. The Kier molecular flexibility index (Phi) is 3.16. The van der Waals surface area contributed by atoms with Gasteiger partial charge >= 0.3 is 0 Å². The average Bonchev–Trinajstić information content (AvgIpc) is 2.95. The van der Waals surface area contributed by atoms with Crippen molar-refractivity contribution in [3.63, 3.8) is 0 Å². The van der Waals surface area contributed by atoms with E-state index in [0.717, 1.165) is 6.42 Å². The summed E-state index contributed by atoms with van der Waals surface area (Å²) in [5.41, 5.74) is 9.60. The molecule has 1 aliphatic rings. The molecule has 0 heteroatoms. The van der Waals surface area contributed by atoms with Gasteiger partial charge in [0.1, 0.15) is 0 Å². The zero-order valence-electron chi connectivity index (χ0n) is 12.7. The fourth-order valence-corrected chi connectivity index (χ4v) is 3.38. The second-order valence-electron chi connectivity index (χ2n) is 5.92. The summed E-state index contributed by atoms with van der Waals surface area (Å²) in [4.78, 5) is 0. The number of hydrogen-bond donors (Lipinski definition) is 0. The van der Waals surface area contributed by atoms with E-state index in [2.05, 4.69) is 85.8 Å². The highest BCUT2D eigenvalue weighted by atomic mass is 14.3. The maximum Gasteiger partial charge on any atom is -0.000728 e. The molecule has 1 aliphatic carbocycles. The molecule has 0 amide bonds. The fraction of sp³-hybridized carbons (Fsp3) is 0.0909. The van der Waals surface area contributed by atoms with Crippen LogP contribution in [0.15, 0.2) is 78.9 Å². The quantitative estimate of drug-likeness (QED) is 0.581. The van der Waals surface area contributed by atoms with E-state index in [4.69, 9.17) is 0 Å². The van der Waals surface area contributed by atoms with Gasteiger partial charge in [-0.2, -0.15) is 0 Å². The molecule has 0 saturated heterocycles. The van der Waals surface area contributed by atoms with Crippen molar-refractivity contribution in [2.75, 3.05) is 0 Å². The van der Waals surface area contributed by atoms with Crippen LogP contribution in [0.4, 0.5) is 0 Å². The van der Waals surface area contributed by atoms with Gasteiger partial charge in [-0.15, -0.1) is 0 Å².